The van der Waals surface area contributed by atoms with Crippen molar-refractivity contribution < 1.29 is 17.5 Å². The average molecular weight is 130 g/mol. The second-order valence-electron chi connectivity index (χ2n) is 0.435. The molecule has 2 N–H and O–H groups in total. The zero-order valence-corrected chi connectivity index (χ0v) is 4.16. The average Bonchev–Trinajstić information content (AvgIpc) is 1.36. The lowest BCUT2D eigenvalue weighted by molar-refractivity contribution is 0.524. The Morgan fingerprint density at radius 2 is 1.33 bits per heavy atom. The molecule has 0 saturated heterocycles. The van der Waals surface area contributed by atoms with Gasteiger partial charge in [-0.2, -0.15) is 8.42 Å². The molecule has 0 saturated carbocycles. The minimum Gasteiger partial charge on any atom is -0.303 e. The van der Waals surface area contributed by atoms with Crippen molar-refractivity contribution in [2.24, 2.45) is 0 Å². The Morgan fingerprint density at radius 1 is 1.17 bits per heavy atom. The van der Waals surface area contributed by atoms with E-state index in [4.69, 9.17) is 9.11 Å². The molecule has 0 aliphatic rings. The van der Waals surface area contributed by atoms with E-state index in [0.29, 0.717) is 0 Å². The van der Waals surface area contributed by atoms with Crippen LogP contribution in [0, 0.1) is 0 Å². The maximum absolute atomic E-state index is 9.21. The van der Waals surface area contributed by atoms with Gasteiger partial charge in [-0.3, -0.25) is 0 Å². The third kappa shape index (κ3) is 2.33. The molecule has 4 nitrogen and oxygen atoms in total. The van der Waals surface area contributed by atoms with Crippen LogP contribution in [0.4, 0.5) is 0 Å². The van der Waals surface area contributed by atoms with Gasteiger partial charge in [0.1, 0.15) is 0 Å². The zero-order valence-electron chi connectivity index (χ0n) is 2.53. The first-order valence-corrected chi connectivity index (χ1v) is 3.60. The lowest BCUT2D eigenvalue weighted by Crippen LogP contribution is -1.79. The second-order valence-corrected chi connectivity index (χ2v) is 3.02. The molecule has 0 aromatic carbocycles. The summed E-state index contributed by atoms with van der Waals surface area (Å²) in [5.74, 6) is 0. The van der Waals surface area contributed by atoms with Crippen LogP contribution in [0.2, 0.25) is 0 Å². The molecular formula is H2O4S2. The molecule has 0 fully saturated rings. The van der Waals surface area contributed by atoms with Crippen LogP contribution < -0.4 is 0 Å². The summed E-state index contributed by atoms with van der Waals surface area (Å²) in [6.45, 7) is 0. The third-order valence-corrected chi connectivity index (χ3v) is 1.10. The Kier molecular flexibility index (Phi) is 2.33. The van der Waals surface area contributed by atoms with Crippen LogP contribution >= 0.6 is 0 Å². The lowest BCUT2D eigenvalue weighted by Gasteiger charge is -1.66. The van der Waals surface area contributed by atoms with E-state index in [0.717, 1.165) is 0 Å². The van der Waals surface area contributed by atoms with Gasteiger partial charge in [0.15, 0.2) is 10.0 Å². The Hall–Kier alpha value is 0.0900. The fourth-order valence-corrected chi connectivity index (χ4v) is 0. The van der Waals surface area contributed by atoms with E-state index < -0.39 is 19.3 Å². The van der Waals surface area contributed by atoms with E-state index in [-0.39, 0.29) is 0 Å². The van der Waals surface area contributed by atoms with E-state index in [1.54, 1.807) is 0 Å². The Labute approximate surface area is 37.6 Å². The van der Waals surface area contributed by atoms with Gasteiger partial charge in [-0.05, 0) is 0 Å². The quantitative estimate of drug-likeness (QED) is 0.456. The summed E-state index contributed by atoms with van der Waals surface area (Å²) in [7, 11) is -5.18. The highest BCUT2D eigenvalue weighted by molar-refractivity contribution is 8.28. The normalized spacial score (nSPS) is 9.17. The molecule has 0 radical (unpaired) electrons. The predicted octanol–water partition coefficient (Wildman–Crippen LogP) is -0.655. The minimum absolute atomic E-state index is 2.45. The van der Waals surface area contributed by atoms with Crippen LogP contribution in [0.5, 0.6) is 0 Å². The van der Waals surface area contributed by atoms with Gasteiger partial charge in [0.2, 0.25) is 0 Å². The van der Waals surface area contributed by atoms with Crippen LogP contribution in [0.15, 0.2) is 0 Å². The maximum Gasteiger partial charge on any atom is 0.292 e. The molecule has 0 heterocycles. The van der Waals surface area contributed by atoms with Gasteiger partial charge in [0.05, 0.1) is 0 Å². The van der Waals surface area contributed by atoms with E-state index in [9.17, 15) is 8.42 Å². The molecule has 0 atom stereocenters. The summed E-state index contributed by atoms with van der Waals surface area (Å²) in [6, 6.07) is 0. The first-order valence-electron chi connectivity index (χ1n) is 0.865. The van der Waals surface area contributed by atoms with Crippen LogP contribution in [0.3, 0.4) is 0 Å². The molecule has 0 aromatic rings. The molecule has 38 valence electrons. The van der Waals surface area contributed by atoms with Crippen LogP contribution in [0.1, 0.15) is 0 Å². The molecule has 0 bridgehead atoms. The molecule has 0 aliphatic heterocycles. The molecule has 0 spiro atoms. The van der Waals surface area contributed by atoms with Crippen molar-refractivity contribution in [3.8, 4) is 0 Å². The summed E-state index contributed by atoms with van der Waals surface area (Å²) in [5, 5.41) is 0. The largest absolute Gasteiger partial charge is 0.303 e. The summed E-state index contributed by atoms with van der Waals surface area (Å²) in [5.41, 5.74) is 0. The second kappa shape index (κ2) is 2.30. The van der Waals surface area contributed by atoms with E-state index in [2.05, 4.69) is 0 Å². The van der Waals surface area contributed by atoms with Crippen LogP contribution in [-0.4, -0.2) is 17.5 Å². The van der Waals surface area contributed by atoms with Crippen molar-refractivity contribution in [1.82, 2.24) is 0 Å². The van der Waals surface area contributed by atoms with E-state index >= 15 is 0 Å². The zero-order chi connectivity index (χ0) is 5.15. The molecule has 6 heavy (non-hydrogen) atoms. The van der Waals surface area contributed by atoms with Gasteiger partial charge in [0, 0.05) is 0 Å². The molecular weight excluding hydrogens is 128 g/mol. The molecule has 0 amide bonds. The minimum atomic E-state index is -2.73. The summed E-state index contributed by atoms with van der Waals surface area (Å²) >= 11 is 0. The van der Waals surface area contributed by atoms with Gasteiger partial charge in [-0.25, -0.2) is 0 Å². The lowest BCUT2D eigenvalue weighted by atomic mass is 15.9. The fraction of sp³-hybridized carbons (Fsp3) is 0. The predicted molar refractivity (Wildman–Crippen MR) is 21.5 cm³/mol. The van der Waals surface area contributed by atoms with Gasteiger partial charge in [-0.1, -0.05) is 0 Å². The number of rotatable bonds is 0. The smallest absolute Gasteiger partial charge is 0.292 e. The summed E-state index contributed by atoms with van der Waals surface area (Å²) in [4.78, 5) is 0. The van der Waals surface area contributed by atoms with Crippen molar-refractivity contribution in [1.29, 1.82) is 0 Å². The van der Waals surface area contributed by atoms with Crippen molar-refractivity contribution in [3.05, 3.63) is 0 Å². The van der Waals surface area contributed by atoms with Crippen molar-refractivity contribution in [2.75, 3.05) is 0 Å². The Morgan fingerprint density at radius 3 is 1.33 bits per heavy atom. The van der Waals surface area contributed by atoms with E-state index in [1.807, 2.05) is 0 Å². The SMILES string of the molecule is O=S(=O)=S(O)O. The highest BCUT2D eigenvalue weighted by Gasteiger charge is 1.73. The molecule has 0 aliphatic carbocycles. The highest BCUT2D eigenvalue weighted by atomic mass is 32.9. The topological polar surface area (TPSA) is 74.6 Å². The van der Waals surface area contributed by atoms with Gasteiger partial charge in [0.25, 0.3) is 9.26 Å². The van der Waals surface area contributed by atoms with Crippen molar-refractivity contribution >= 4 is 19.3 Å². The highest BCUT2D eigenvalue weighted by Crippen LogP contribution is 1.56. The van der Waals surface area contributed by atoms with Crippen molar-refractivity contribution in [2.45, 2.75) is 0 Å². The molecule has 0 unspecified atom stereocenters. The standard InChI is InChI=1S/H2O4S2/c1-5(2)6(3)4/h1-2H. The van der Waals surface area contributed by atoms with Crippen LogP contribution in [0.25, 0.3) is 0 Å². The summed E-state index contributed by atoms with van der Waals surface area (Å²) < 4.78 is 33.6. The van der Waals surface area contributed by atoms with Gasteiger partial charge >= 0.3 is 0 Å². The van der Waals surface area contributed by atoms with Gasteiger partial charge in [-0.15, -0.1) is 0 Å². The Bertz CT molecular complexity index is 136. The van der Waals surface area contributed by atoms with E-state index in [1.165, 1.54) is 0 Å². The Balaban J connectivity index is 4.58. The number of hydrogen-bond acceptors (Lipinski definition) is 2. The van der Waals surface area contributed by atoms with Crippen LogP contribution in [-0.2, 0) is 19.3 Å². The first-order chi connectivity index (χ1) is 2.64. The summed E-state index contributed by atoms with van der Waals surface area (Å²) in [6.07, 6.45) is 0. The molecule has 0 aromatic heterocycles. The third-order valence-electron chi connectivity index (χ3n) is 0.122. The first kappa shape index (κ1) is 6.09. The monoisotopic (exact) mass is 130 g/mol. The number of hydrogen-bond donors (Lipinski definition) is 2. The van der Waals surface area contributed by atoms with Gasteiger partial charge < -0.3 is 9.11 Å². The fourth-order valence-electron chi connectivity index (χ4n) is 0. The molecule has 6 heteroatoms. The maximum atomic E-state index is 9.21. The van der Waals surface area contributed by atoms with Crippen molar-refractivity contribution in [3.63, 3.8) is 0 Å². The molecule has 0 rings (SSSR count).